The van der Waals surface area contributed by atoms with E-state index in [1.165, 1.54) is 0 Å². The van der Waals surface area contributed by atoms with Crippen LogP contribution in [0.15, 0.2) is 30.3 Å². The van der Waals surface area contributed by atoms with Crippen LogP contribution in [0, 0.1) is 5.92 Å². The predicted molar refractivity (Wildman–Crippen MR) is 89.2 cm³/mol. The van der Waals surface area contributed by atoms with Gasteiger partial charge in [-0.1, -0.05) is 58.0 Å². The van der Waals surface area contributed by atoms with E-state index in [1.807, 2.05) is 44.2 Å². The van der Waals surface area contributed by atoms with Crippen molar-refractivity contribution in [3.63, 3.8) is 0 Å². The largest absolute Gasteiger partial charge is 0.354 e. The first kappa shape index (κ1) is 18.2. The summed E-state index contributed by atoms with van der Waals surface area (Å²) in [4.78, 5) is 26.4. The Bertz CT molecular complexity index is 471. The Hall–Kier alpha value is -1.84. The van der Waals surface area contributed by atoms with Gasteiger partial charge in [0.15, 0.2) is 0 Å². The molecule has 22 heavy (non-hydrogen) atoms. The summed E-state index contributed by atoms with van der Waals surface area (Å²) in [6.07, 6.45) is 1.02. The van der Waals surface area contributed by atoms with E-state index < -0.39 is 6.04 Å². The third kappa shape index (κ3) is 5.51. The SMILES string of the molecule is CCC(=O)N(Cc1ccccc1)C(CC)C(=O)NCC(C)C. The van der Waals surface area contributed by atoms with Crippen molar-refractivity contribution in [3.8, 4) is 0 Å². The summed E-state index contributed by atoms with van der Waals surface area (Å²) >= 11 is 0. The molecule has 2 amide bonds. The summed E-state index contributed by atoms with van der Waals surface area (Å²) in [6, 6.07) is 9.39. The highest BCUT2D eigenvalue weighted by atomic mass is 16.2. The van der Waals surface area contributed by atoms with Gasteiger partial charge >= 0.3 is 0 Å². The second kappa shape index (κ2) is 9.23. The Morgan fingerprint density at radius 3 is 2.27 bits per heavy atom. The van der Waals surface area contributed by atoms with E-state index in [0.717, 1.165) is 5.56 Å². The smallest absolute Gasteiger partial charge is 0.242 e. The third-order valence-electron chi connectivity index (χ3n) is 3.57. The number of hydrogen-bond donors (Lipinski definition) is 1. The average molecular weight is 304 g/mol. The second-order valence-corrected chi connectivity index (χ2v) is 5.92. The molecule has 0 aromatic heterocycles. The Morgan fingerprint density at radius 1 is 1.14 bits per heavy atom. The van der Waals surface area contributed by atoms with Crippen LogP contribution in [0.2, 0.25) is 0 Å². The van der Waals surface area contributed by atoms with Crippen LogP contribution >= 0.6 is 0 Å². The molecule has 4 heteroatoms. The number of carbonyl (C=O) groups is 2. The molecule has 0 aliphatic carbocycles. The summed E-state index contributed by atoms with van der Waals surface area (Å²) < 4.78 is 0. The van der Waals surface area contributed by atoms with Crippen LogP contribution < -0.4 is 5.32 Å². The fourth-order valence-corrected chi connectivity index (χ4v) is 2.33. The predicted octanol–water partition coefficient (Wildman–Crippen LogP) is 2.98. The zero-order chi connectivity index (χ0) is 16.5. The molecule has 0 fully saturated rings. The van der Waals surface area contributed by atoms with Crippen molar-refractivity contribution in [2.75, 3.05) is 6.54 Å². The minimum Gasteiger partial charge on any atom is -0.354 e. The van der Waals surface area contributed by atoms with Gasteiger partial charge in [0.05, 0.1) is 0 Å². The minimum atomic E-state index is -0.411. The molecule has 0 heterocycles. The molecule has 1 atom stereocenters. The highest BCUT2D eigenvalue weighted by molar-refractivity contribution is 5.87. The van der Waals surface area contributed by atoms with Gasteiger partial charge in [0.1, 0.15) is 6.04 Å². The lowest BCUT2D eigenvalue weighted by atomic mass is 10.1. The number of amides is 2. The van der Waals surface area contributed by atoms with E-state index in [4.69, 9.17) is 0 Å². The van der Waals surface area contributed by atoms with E-state index in [1.54, 1.807) is 4.90 Å². The molecule has 0 aliphatic heterocycles. The van der Waals surface area contributed by atoms with E-state index in [0.29, 0.717) is 31.8 Å². The van der Waals surface area contributed by atoms with E-state index >= 15 is 0 Å². The third-order valence-corrected chi connectivity index (χ3v) is 3.57. The fourth-order valence-electron chi connectivity index (χ4n) is 2.33. The van der Waals surface area contributed by atoms with Crippen molar-refractivity contribution >= 4 is 11.8 Å². The van der Waals surface area contributed by atoms with E-state index in [9.17, 15) is 9.59 Å². The maximum Gasteiger partial charge on any atom is 0.242 e. The van der Waals surface area contributed by atoms with E-state index in [2.05, 4.69) is 19.2 Å². The van der Waals surface area contributed by atoms with Gasteiger partial charge in [-0.05, 0) is 17.9 Å². The number of carbonyl (C=O) groups excluding carboxylic acids is 2. The zero-order valence-corrected chi connectivity index (χ0v) is 14.1. The molecule has 0 saturated carbocycles. The van der Waals surface area contributed by atoms with Gasteiger partial charge in [-0.25, -0.2) is 0 Å². The number of nitrogens with one attached hydrogen (secondary N) is 1. The van der Waals surface area contributed by atoms with Crippen LogP contribution in [0.4, 0.5) is 0 Å². The van der Waals surface area contributed by atoms with E-state index in [-0.39, 0.29) is 11.8 Å². The summed E-state index contributed by atoms with van der Waals surface area (Å²) in [5, 5.41) is 2.95. The molecule has 1 aromatic carbocycles. The van der Waals surface area contributed by atoms with Gasteiger partial charge < -0.3 is 10.2 Å². The molecule has 0 saturated heterocycles. The molecule has 0 aliphatic rings. The molecule has 1 unspecified atom stereocenters. The molecule has 0 radical (unpaired) electrons. The molecule has 1 rings (SSSR count). The van der Waals surface area contributed by atoms with Gasteiger partial charge in [-0.3, -0.25) is 9.59 Å². The van der Waals surface area contributed by atoms with Crippen molar-refractivity contribution < 1.29 is 9.59 Å². The Kier molecular flexibility index (Phi) is 7.64. The van der Waals surface area contributed by atoms with Gasteiger partial charge in [0.25, 0.3) is 0 Å². The summed E-state index contributed by atoms with van der Waals surface area (Å²) in [6.45, 7) is 9.00. The van der Waals surface area contributed by atoms with Crippen LogP contribution in [0.1, 0.15) is 46.1 Å². The van der Waals surface area contributed by atoms with Crippen LogP contribution in [-0.2, 0) is 16.1 Å². The van der Waals surface area contributed by atoms with Gasteiger partial charge in [0, 0.05) is 19.5 Å². The molecule has 1 N–H and O–H groups in total. The Balaban J connectivity index is 2.87. The van der Waals surface area contributed by atoms with Crippen molar-refractivity contribution in [1.82, 2.24) is 10.2 Å². The van der Waals surface area contributed by atoms with Crippen molar-refractivity contribution in [1.29, 1.82) is 0 Å². The van der Waals surface area contributed by atoms with Crippen molar-refractivity contribution in [2.45, 2.75) is 53.1 Å². The maximum atomic E-state index is 12.4. The molecule has 122 valence electrons. The molecule has 1 aromatic rings. The van der Waals surface area contributed by atoms with Crippen LogP contribution in [-0.4, -0.2) is 29.3 Å². The lowest BCUT2D eigenvalue weighted by Gasteiger charge is -2.30. The normalized spacial score (nSPS) is 12.0. The lowest BCUT2D eigenvalue weighted by Crippen LogP contribution is -2.49. The first-order valence-corrected chi connectivity index (χ1v) is 8.10. The second-order valence-electron chi connectivity index (χ2n) is 5.92. The van der Waals surface area contributed by atoms with Crippen LogP contribution in [0.5, 0.6) is 0 Å². The van der Waals surface area contributed by atoms with Gasteiger partial charge in [-0.15, -0.1) is 0 Å². The summed E-state index contributed by atoms with van der Waals surface area (Å²) in [5.41, 5.74) is 1.04. The van der Waals surface area contributed by atoms with Crippen molar-refractivity contribution in [3.05, 3.63) is 35.9 Å². The first-order chi connectivity index (χ1) is 10.5. The Labute approximate surface area is 133 Å². The summed E-state index contributed by atoms with van der Waals surface area (Å²) in [7, 11) is 0. The number of nitrogens with zero attached hydrogens (tertiary/aromatic N) is 1. The average Bonchev–Trinajstić information content (AvgIpc) is 2.52. The highest BCUT2D eigenvalue weighted by Crippen LogP contribution is 2.13. The zero-order valence-electron chi connectivity index (χ0n) is 14.1. The maximum absolute atomic E-state index is 12.4. The monoisotopic (exact) mass is 304 g/mol. The molecule has 0 bridgehead atoms. The van der Waals surface area contributed by atoms with Crippen molar-refractivity contribution in [2.24, 2.45) is 5.92 Å². The summed E-state index contributed by atoms with van der Waals surface area (Å²) in [5.74, 6) is 0.343. The fraction of sp³-hybridized carbons (Fsp3) is 0.556. The minimum absolute atomic E-state index is 0.00963. The molecule has 4 nitrogen and oxygen atoms in total. The highest BCUT2D eigenvalue weighted by Gasteiger charge is 2.27. The molecular formula is C18H28N2O2. The number of benzene rings is 1. The molecule has 0 spiro atoms. The first-order valence-electron chi connectivity index (χ1n) is 8.10. The molecular weight excluding hydrogens is 276 g/mol. The van der Waals surface area contributed by atoms with Gasteiger partial charge in [-0.2, -0.15) is 0 Å². The van der Waals surface area contributed by atoms with Crippen LogP contribution in [0.25, 0.3) is 0 Å². The van der Waals surface area contributed by atoms with Crippen LogP contribution in [0.3, 0.4) is 0 Å². The quantitative estimate of drug-likeness (QED) is 0.802. The number of rotatable bonds is 8. The lowest BCUT2D eigenvalue weighted by molar-refractivity contribution is -0.141. The number of hydrogen-bond acceptors (Lipinski definition) is 2. The Morgan fingerprint density at radius 2 is 1.77 bits per heavy atom. The standard InChI is InChI=1S/C18H28N2O2/c1-5-16(18(22)19-12-14(3)4)20(17(21)6-2)13-15-10-8-7-9-11-15/h7-11,14,16H,5-6,12-13H2,1-4H3,(H,19,22). The topological polar surface area (TPSA) is 49.4 Å². The van der Waals surface area contributed by atoms with Gasteiger partial charge in [0.2, 0.25) is 11.8 Å².